The van der Waals surface area contributed by atoms with Gasteiger partial charge in [-0.1, -0.05) is 6.92 Å². The van der Waals surface area contributed by atoms with Gasteiger partial charge in [0.1, 0.15) is 0 Å². The van der Waals surface area contributed by atoms with Crippen molar-refractivity contribution < 1.29 is 27.8 Å². The molecule has 0 bridgehead atoms. The lowest BCUT2D eigenvalue weighted by Crippen LogP contribution is -2.52. The van der Waals surface area contributed by atoms with Crippen molar-refractivity contribution in [2.24, 2.45) is 0 Å². The molecule has 9 heteroatoms. The summed E-state index contributed by atoms with van der Waals surface area (Å²) in [6, 6.07) is 0. The van der Waals surface area contributed by atoms with Gasteiger partial charge in [-0.25, -0.2) is 0 Å². The van der Waals surface area contributed by atoms with Crippen LogP contribution in [0.1, 0.15) is 53.9 Å². The van der Waals surface area contributed by atoms with E-state index in [4.69, 9.17) is 9.84 Å². The zero-order chi connectivity index (χ0) is 23.4. The van der Waals surface area contributed by atoms with E-state index in [1.807, 2.05) is 19.9 Å². The average molecular weight is 455 g/mol. The number of hydrogen-bond donors (Lipinski definition) is 3. The molecule has 176 valence electrons. The number of amides is 1. The second-order valence-corrected chi connectivity index (χ2v) is 12.4. The zero-order valence-electron chi connectivity index (χ0n) is 19.1. The molecule has 30 heavy (non-hydrogen) atoms. The van der Waals surface area contributed by atoms with Crippen LogP contribution in [0.4, 0.5) is 13.2 Å². The van der Waals surface area contributed by atoms with Crippen molar-refractivity contribution in [3.8, 4) is 0 Å². The molecule has 5 nitrogen and oxygen atoms in total. The molecule has 0 radical (unpaired) electrons. The molecule has 0 aromatic carbocycles. The van der Waals surface area contributed by atoms with Gasteiger partial charge >= 0.3 is 6.18 Å². The lowest BCUT2D eigenvalue weighted by Gasteiger charge is -2.36. The summed E-state index contributed by atoms with van der Waals surface area (Å²) in [5, 5.41) is 15.9. The maximum atomic E-state index is 12.9. The van der Waals surface area contributed by atoms with E-state index < -0.39 is 33.8 Å². The summed E-state index contributed by atoms with van der Waals surface area (Å²) in [6.45, 7) is 9.52. The number of alkyl halides is 3. The van der Waals surface area contributed by atoms with Crippen molar-refractivity contribution in [2.45, 2.75) is 71.2 Å². The molecule has 0 atom stereocenters. The highest BCUT2D eigenvalue weighted by Crippen LogP contribution is 2.62. The molecule has 0 fully saturated rings. The van der Waals surface area contributed by atoms with Crippen LogP contribution >= 0.6 is 10.0 Å². The fourth-order valence-electron chi connectivity index (χ4n) is 3.41. The number of rotatable bonds is 11. The van der Waals surface area contributed by atoms with Crippen LogP contribution in [-0.4, -0.2) is 60.6 Å². The first-order valence-corrected chi connectivity index (χ1v) is 12.6. The summed E-state index contributed by atoms with van der Waals surface area (Å²) in [7, 11) is -1.45. The van der Waals surface area contributed by atoms with Gasteiger partial charge in [0, 0.05) is 6.42 Å². The van der Waals surface area contributed by atoms with Crippen molar-refractivity contribution in [3.05, 3.63) is 21.6 Å². The van der Waals surface area contributed by atoms with E-state index in [9.17, 15) is 18.0 Å². The van der Waals surface area contributed by atoms with Crippen LogP contribution in [-0.2, 0) is 9.53 Å². The normalized spacial score (nSPS) is 18.4. The van der Waals surface area contributed by atoms with Crippen LogP contribution in [0.2, 0.25) is 0 Å². The van der Waals surface area contributed by atoms with Gasteiger partial charge in [0.25, 0.3) is 0 Å². The third kappa shape index (κ3) is 7.00. The molecule has 0 saturated carbocycles. The minimum Gasteiger partial charge on any atom is -0.394 e. The van der Waals surface area contributed by atoms with Gasteiger partial charge in [0.15, 0.2) is 0 Å². The highest BCUT2D eigenvalue weighted by molar-refractivity contribution is 8.39. The van der Waals surface area contributed by atoms with Crippen LogP contribution in [0, 0.1) is 0 Å². The van der Waals surface area contributed by atoms with Gasteiger partial charge in [-0.15, -0.1) is 0 Å². The van der Waals surface area contributed by atoms with Gasteiger partial charge < -0.3 is 20.5 Å². The van der Waals surface area contributed by atoms with Crippen LogP contribution in [0.5, 0.6) is 0 Å². The number of aliphatic hydroxyl groups excluding tert-OH is 1. The number of carbonyl (C=O) groups excluding carboxylic acids is 1. The second-order valence-electron chi connectivity index (χ2n) is 8.83. The highest BCUT2D eigenvalue weighted by Gasteiger charge is 2.39. The fraction of sp³-hybridized carbons (Fsp3) is 0.762. The van der Waals surface area contributed by atoms with Crippen LogP contribution in [0.25, 0.3) is 0 Å². The number of allylic oxidation sites excluding steroid dienone is 1. The summed E-state index contributed by atoms with van der Waals surface area (Å²) >= 11 is 0. The van der Waals surface area contributed by atoms with Crippen molar-refractivity contribution >= 4 is 15.9 Å². The summed E-state index contributed by atoms with van der Waals surface area (Å²) in [5.74, 6) is -0.285. The minimum absolute atomic E-state index is 0.0735. The smallest absolute Gasteiger partial charge is 0.389 e. The van der Waals surface area contributed by atoms with Gasteiger partial charge in [-0.3, -0.25) is 4.79 Å². The number of carbonyl (C=O) groups is 1. The first kappa shape index (κ1) is 27.0. The molecule has 1 amide bonds. The van der Waals surface area contributed by atoms with Crippen molar-refractivity contribution in [3.63, 3.8) is 0 Å². The molecule has 0 aromatic heterocycles. The lowest BCUT2D eigenvalue weighted by molar-refractivity contribution is -0.135. The Kier molecular flexibility index (Phi) is 9.06. The summed E-state index contributed by atoms with van der Waals surface area (Å²) in [6.07, 6.45) is 1.83. The fourth-order valence-corrected chi connectivity index (χ4v) is 6.01. The molecule has 0 spiro atoms. The summed E-state index contributed by atoms with van der Waals surface area (Å²) in [4.78, 5) is 14.1. The average Bonchev–Trinajstić information content (AvgIpc) is 2.87. The second kappa shape index (κ2) is 10.1. The maximum Gasteiger partial charge on any atom is 0.389 e. The standard InChI is InChI=1S/C21H37F3N2O3S/c1-8-16-15(20(4,5)29-13-12-27)14-17(30(16,6)7)26-18(28)19(2,3)25-11-9-10-21(22,23)24/h14,25,27H,8-13H2,1-7H3,(H,26,28). The monoisotopic (exact) mass is 454 g/mol. The van der Waals surface area contributed by atoms with E-state index >= 15 is 0 Å². The quantitative estimate of drug-likeness (QED) is 0.410. The molecule has 0 saturated heterocycles. The Morgan fingerprint density at radius 1 is 1.20 bits per heavy atom. The summed E-state index contributed by atoms with van der Waals surface area (Å²) in [5.41, 5.74) is -0.624. The molecule has 1 aliphatic heterocycles. The van der Waals surface area contributed by atoms with Gasteiger partial charge in [0.05, 0.1) is 29.4 Å². The van der Waals surface area contributed by atoms with Gasteiger partial charge in [0.2, 0.25) is 5.91 Å². The Balaban J connectivity index is 2.93. The molecule has 0 unspecified atom stereocenters. The third-order valence-corrected chi connectivity index (χ3v) is 8.33. The third-order valence-electron chi connectivity index (χ3n) is 5.27. The van der Waals surface area contributed by atoms with Crippen molar-refractivity contribution in [2.75, 3.05) is 32.3 Å². The number of hydrogen-bond acceptors (Lipinski definition) is 4. The van der Waals surface area contributed by atoms with Crippen LogP contribution < -0.4 is 10.6 Å². The number of aliphatic hydroxyl groups is 1. The van der Waals surface area contributed by atoms with E-state index in [1.54, 1.807) is 13.8 Å². The maximum absolute atomic E-state index is 12.9. The predicted octanol–water partition coefficient (Wildman–Crippen LogP) is 4.18. The first-order chi connectivity index (χ1) is 13.6. The summed E-state index contributed by atoms with van der Waals surface area (Å²) < 4.78 is 42.8. The molecule has 1 heterocycles. The Bertz CT molecular complexity index is 683. The molecule has 0 aliphatic carbocycles. The van der Waals surface area contributed by atoms with Gasteiger partial charge in [-0.2, -0.15) is 23.2 Å². The minimum atomic E-state index is -4.19. The molecule has 1 rings (SSSR count). The zero-order valence-corrected chi connectivity index (χ0v) is 19.9. The topological polar surface area (TPSA) is 70.6 Å². The molecule has 3 N–H and O–H groups in total. The highest BCUT2D eigenvalue weighted by atomic mass is 32.3. The largest absolute Gasteiger partial charge is 0.394 e. The molecule has 1 aliphatic rings. The molecular formula is C21H37F3N2O3S. The Labute approximate surface area is 179 Å². The number of halogens is 3. The Morgan fingerprint density at radius 3 is 2.30 bits per heavy atom. The Morgan fingerprint density at radius 2 is 1.80 bits per heavy atom. The van der Waals surface area contributed by atoms with E-state index in [1.165, 1.54) is 4.91 Å². The van der Waals surface area contributed by atoms with Gasteiger partial charge in [-0.05, 0) is 76.1 Å². The predicted molar refractivity (Wildman–Crippen MR) is 117 cm³/mol. The van der Waals surface area contributed by atoms with E-state index in [0.717, 1.165) is 17.0 Å². The SMILES string of the molecule is CCC1=C(C(C)(C)OCCO)C=C(NC(=O)C(C)(C)NCCCC(F)(F)F)S1(C)C. The van der Waals surface area contributed by atoms with E-state index in [-0.39, 0.29) is 32.1 Å². The number of ether oxygens (including phenoxy) is 1. The van der Waals surface area contributed by atoms with Crippen molar-refractivity contribution in [1.29, 1.82) is 0 Å². The molecular weight excluding hydrogens is 417 g/mol. The first-order valence-electron chi connectivity index (χ1n) is 10.1. The van der Waals surface area contributed by atoms with E-state index in [2.05, 4.69) is 30.1 Å². The van der Waals surface area contributed by atoms with Crippen LogP contribution in [0.15, 0.2) is 21.6 Å². The van der Waals surface area contributed by atoms with Crippen LogP contribution in [0.3, 0.4) is 0 Å². The number of nitrogens with one attached hydrogen (secondary N) is 2. The lowest BCUT2D eigenvalue weighted by atomic mass is 9.96. The Hall–Kier alpha value is -1.03. The van der Waals surface area contributed by atoms with E-state index in [0.29, 0.717) is 0 Å². The van der Waals surface area contributed by atoms with Crippen molar-refractivity contribution in [1.82, 2.24) is 10.6 Å². The molecule has 0 aromatic rings.